The van der Waals surface area contributed by atoms with E-state index in [9.17, 15) is 9.18 Å². The minimum Gasteiger partial charge on any atom is -0.457 e. The van der Waals surface area contributed by atoms with Crippen LogP contribution < -0.4 is 15.0 Å². The van der Waals surface area contributed by atoms with Gasteiger partial charge in [-0.25, -0.2) is 4.39 Å². The summed E-state index contributed by atoms with van der Waals surface area (Å²) in [5.41, 5.74) is 1.44. The van der Waals surface area contributed by atoms with E-state index in [0.29, 0.717) is 29.5 Å². The van der Waals surface area contributed by atoms with Crippen molar-refractivity contribution in [3.05, 3.63) is 90.2 Å². The molecular weight excluding hydrogens is 379 g/mol. The third-order valence-electron chi connectivity index (χ3n) is 5.28. The van der Waals surface area contributed by atoms with Crippen molar-refractivity contribution in [1.82, 2.24) is 5.32 Å². The van der Waals surface area contributed by atoms with Crippen molar-refractivity contribution in [3.8, 4) is 11.5 Å². The van der Waals surface area contributed by atoms with Crippen LogP contribution in [-0.2, 0) is 0 Å². The van der Waals surface area contributed by atoms with Crippen molar-refractivity contribution in [2.75, 3.05) is 24.5 Å². The second kappa shape index (κ2) is 9.55. The molecule has 3 aromatic carbocycles. The molecule has 1 aliphatic heterocycles. The predicted octanol–water partition coefficient (Wildman–Crippen LogP) is 5.26. The summed E-state index contributed by atoms with van der Waals surface area (Å²) in [6.07, 6.45) is 2.24. The Morgan fingerprint density at radius 1 is 1.00 bits per heavy atom. The molecule has 1 amide bonds. The van der Waals surface area contributed by atoms with Gasteiger partial charge in [-0.1, -0.05) is 24.3 Å². The van der Waals surface area contributed by atoms with E-state index in [1.165, 1.54) is 12.1 Å². The van der Waals surface area contributed by atoms with E-state index in [-0.39, 0.29) is 11.7 Å². The number of benzene rings is 3. The number of nitrogens with zero attached hydrogens (tertiary/aromatic N) is 1. The molecule has 1 N–H and O–H groups in total. The second-order valence-corrected chi connectivity index (χ2v) is 7.55. The summed E-state index contributed by atoms with van der Waals surface area (Å²) in [6, 6.07) is 22.7. The number of amides is 1. The van der Waals surface area contributed by atoms with Gasteiger partial charge < -0.3 is 15.0 Å². The van der Waals surface area contributed by atoms with E-state index in [1.807, 2.05) is 35.2 Å². The predicted molar refractivity (Wildman–Crippen MR) is 117 cm³/mol. The molecule has 154 valence electrons. The van der Waals surface area contributed by atoms with Gasteiger partial charge in [-0.15, -0.1) is 0 Å². The summed E-state index contributed by atoms with van der Waals surface area (Å²) < 4.78 is 18.9. The molecule has 30 heavy (non-hydrogen) atoms. The van der Waals surface area contributed by atoms with Gasteiger partial charge in [-0.2, -0.15) is 0 Å². The first-order valence-corrected chi connectivity index (χ1v) is 10.3. The maximum Gasteiger partial charge on any atom is 0.258 e. The Bertz CT molecular complexity index is 970. The number of carbonyl (C=O) groups is 1. The highest BCUT2D eigenvalue weighted by Gasteiger charge is 2.23. The Morgan fingerprint density at radius 3 is 2.53 bits per heavy atom. The Morgan fingerprint density at radius 2 is 1.80 bits per heavy atom. The van der Waals surface area contributed by atoms with Gasteiger partial charge in [-0.05, 0) is 86.4 Å². The maximum atomic E-state index is 13.5. The normalized spacial score (nSPS) is 16.1. The minimum atomic E-state index is -0.318. The zero-order chi connectivity index (χ0) is 20.8. The lowest BCUT2D eigenvalue weighted by Crippen LogP contribution is -2.41. The van der Waals surface area contributed by atoms with E-state index in [2.05, 4.69) is 5.32 Å². The molecule has 1 heterocycles. The van der Waals surface area contributed by atoms with Gasteiger partial charge in [0.2, 0.25) is 0 Å². The van der Waals surface area contributed by atoms with Crippen LogP contribution >= 0.6 is 0 Å². The Kier molecular flexibility index (Phi) is 6.40. The molecule has 4 rings (SSSR count). The third kappa shape index (κ3) is 5.05. The van der Waals surface area contributed by atoms with Crippen molar-refractivity contribution in [2.24, 2.45) is 5.92 Å². The van der Waals surface area contributed by atoms with E-state index in [0.717, 1.165) is 31.6 Å². The Balaban J connectivity index is 1.56. The molecule has 3 aromatic rings. The van der Waals surface area contributed by atoms with Crippen molar-refractivity contribution >= 4 is 11.6 Å². The fraction of sp³-hybridized carbons (Fsp3) is 0.240. The monoisotopic (exact) mass is 404 g/mol. The molecular formula is C25H25FN2O2. The van der Waals surface area contributed by atoms with Crippen molar-refractivity contribution < 1.29 is 13.9 Å². The molecule has 1 unspecified atom stereocenters. The van der Waals surface area contributed by atoms with Crippen LogP contribution in [0.1, 0.15) is 23.2 Å². The number of hydrogen-bond donors (Lipinski definition) is 1. The number of nitrogens with one attached hydrogen (secondary N) is 1. The number of piperidine rings is 1. The average molecular weight is 404 g/mol. The van der Waals surface area contributed by atoms with Crippen LogP contribution in [0.2, 0.25) is 0 Å². The first-order valence-electron chi connectivity index (χ1n) is 10.3. The number of rotatable bonds is 6. The number of carbonyl (C=O) groups excluding carboxylic acids is 1. The molecule has 1 saturated heterocycles. The fourth-order valence-electron chi connectivity index (χ4n) is 3.74. The van der Waals surface area contributed by atoms with Crippen molar-refractivity contribution in [2.45, 2.75) is 12.8 Å². The van der Waals surface area contributed by atoms with Gasteiger partial charge in [0, 0.05) is 17.8 Å². The van der Waals surface area contributed by atoms with E-state index < -0.39 is 0 Å². The number of para-hydroxylation sites is 1. The van der Waals surface area contributed by atoms with Crippen LogP contribution in [0.3, 0.4) is 0 Å². The topological polar surface area (TPSA) is 41.6 Å². The lowest BCUT2D eigenvalue weighted by molar-refractivity contribution is 0.0981. The summed E-state index contributed by atoms with van der Waals surface area (Å²) >= 11 is 0. The average Bonchev–Trinajstić information content (AvgIpc) is 2.80. The van der Waals surface area contributed by atoms with Crippen LogP contribution in [0.5, 0.6) is 11.5 Å². The highest BCUT2D eigenvalue weighted by Crippen LogP contribution is 2.25. The van der Waals surface area contributed by atoms with Crippen LogP contribution in [-0.4, -0.2) is 25.5 Å². The molecule has 0 aromatic heterocycles. The highest BCUT2D eigenvalue weighted by atomic mass is 19.1. The van der Waals surface area contributed by atoms with Gasteiger partial charge in [0.15, 0.2) is 0 Å². The van der Waals surface area contributed by atoms with Gasteiger partial charge in [0.1, 0.15) is 17.3 Å². The summed E-state index contributed by atoms with van der Waals surface area (Å²) in [5, 5.41) is 3.43. The SMILES string of the molecule is O=C(c1cccc(Oc2ccc(F)cc2)c1)N(CC1CCCNC1)c1ccccc1. The molecule has 4 nitrogen and oxygen atoms in total. The number of anilines is 1. The lowest BCUT2D eigenvalue weighted by atomic mass is 9.98. The van der Waals surface area contributed by atoms with Gasteiger partial charge in [0.25, 0.3) is 5.91 Å². The molecule has 0 saturated carbocycles. The van der Waals surface area contributed by atoms with Gasteiger partial charge >= 0.3 is 0 Å². The Hall–Kier alpha value is -3.18. The second-order valence-electron chi connectivity index (χ2n) is 7.55. The molecule has 0 aliphatic carbocycles. The first kappa shape index (κ1) is 20.1. The lowest BCUT2D eigenvalue weighted by Gasteiger charge is -2.30. The summed E-state index contributed by atoms with van der Waals surface area (Å²) in [7, 11) is 0. The minimum absolute atomic E-state index is 0.0590. The molecule has 0 spiro atoms. The summed E-state index contributed by atoms with van der Waals surface area (Å²) in [5.74, 6) is 1.11. The molecule has 0 radical (unpaired) electrons. The molecule has 1 aliphatic rings. The zero-order valence-corrected chi connectivity index (χ0v) is 16.8. The van der Waals surface area contributed by atoms with Gasteiger partial charge in [-0.3, -0.25) is 4.79 Å². The number of halogens is 1. The van der Waals surface area contributed by atoms with E-state index >= 15 is 0 Å². The van der Waals surface area contributed by atoms with Crippen molar-refractivity contribution in [1.29, 1.82) is 0 Å². The fourth-order valence-corrected chi connectivity index (χ4v) is 3.74. The summed E-state index contributed by atoms with van der Waals surface area (Å²) in [6.45, 7) is 2.63. The molecule has 5 heteroatoms. The molecule has 0 bridgehead atoms. The third-order valence-corrected chi connectivity index (χ3v) is 5.28. The number of hydrogen-bond acceptors (Lipinski definition) is 3. The highest BCUT2D eigenvalue weighted by molar-refractivity contribution is 6.06. The van der Waals surface area contributed by atoms with Crippen LogP contribution in [0.15, 0.2) is 78.9 Å². The van der Waals surface area contributed by atoms with Crippen LogP contribution in [0.4, 0.5) is 10.1 Å². The number of ether oxygens (including phenoxy) is 1. The summed E-state index contributed by atoms with van der Waals surface area (Å²) in [4.78, 5) is 15.3. The van der Waals surface area contributed by atoms with E-state index in [4.69, 9.17) is 4.74 Å². The Labute approximate surface area is 176 Å². The largest absolute Gasteiger partial charge is 0.457 e. The first-order chi connectivity index (χ1) is 14.7. The van der Waals surface area contributed by atoms with Crippen LogP contribution in [0.25, 0.3) is 0 Å². The van der Waals surface area contributed by atoms with Gasteiger partial charge in [0.05, 0.1) is 0 Å². The van der Waals surface area contributed by atoms with Crippen LogP contribution in [0, 0.1) is 11.7 Å². The zero-order valence-electron chi connectivity index (χ0n) is 16.8. The molecule has 1 fully saturated rings. The molecule has 1 atom stereocenters. The quantitative estimate of drug-likeness (QED) is 0.609. The van der Waals surface area contributed by atoms with E-state index in [1.54, 1.807) is 36.4 Å². The standard InChI is InChI=1S/C25H25FN2O2/c26-21-11-13-23(14-12-21)30-24-10-4-7-20(16-24)25(29)28(22-8-2-1-3-9-22)18-19-6-5-15-27-17-19/h1-4,7-14,16,19,27H,5-6,15,17-18H2. The maximum absolute atomic E-state index is 13.5. The van der Waals surface area contributed by atoms with Crippen molar-refractivity contribution in [3.63, 3.8) is 0 Å². The smallest absolute Gasteiger partial charge is 0.258 e.